The summed E-state index contributed by atoms with van der Waals surface area (Å²) in [6, 6.07) is 9.97. The number of benzene rings is 1. The predicted octanol–water partition coefficient (Wildman–Crippen LogP) is 2.50. The Balaban J connectivity index is 1.75. The highest BCUT2D eigenvalue weighted by atomic mass is 16.7. The number of nitrogens with one attached hydrogen (secondary N) is 1. The van der Waals surface area contributed by atoms with Crippen LogP contribution in [0.4, 0.5) is 11.5 Å². The molecule has 1 aliphatic rings. The standard InChI is InChI=1S/C17H14N4O5/c1-10(11-5-6-12-13(8-11)26-9-25-12)18-16-15(21(23)24)17(22)20-7-3-2-4-14(20)19-16/h2-8,10,18H,9H2,1H3. The van der Waals surface area contributed by atoms with Crippen molar-refractivity contribution in [1.82, 2.24) is 9.38 Å². The predicted molar refractivity (Wildman–Crippen MR) is 92.7 cm³/mol. The lowest BCUT2D eigenvalue weighted by molar-refractivity contribution is -0.385. The van der Waals surface area contributed by atoms with Crippen molar-refractivity contribution in [2.45, 2.75) is 13.0 Å². The molecule has 0 saturated heterocycles. The Morgan fingerprint density at radius 2 is 2.08 bits per heavy atom. The Bertz CT molecular complexity index is 1080. The van der Waals surface area contributed by atoms with Crippen molar-refractivity contribution < 1.29 is 14.4 Å². The van der Waals surface area contributed by atoms with Crippen LogP contribution in [0.25, 0.3) is 5.65 Å². The van der Waals surface area contributed by atoms with Crippen molar-refractivity contribution in [3.8, 4) is 11.5 Å². The van der Waals surface area contributed by atoms with Gasteiger partial charge in [-0.1, -0.05) is 12.1 Å². The van der Waals surface area contributed by atoms with Gasteiger partial charge in [-0.25, -0.2) is 4.98 Å². The second-order valence-electron chi connectivity index (χ2n) is 5.78. The van der Waals surface area contributed by atoms with Crippen LogP contribution in [0, 0.1) is 10.1 Å². The lowest BCUT2D eigenvalue weighted by Gasteiger charge is -2.15. The van der Waals surface area contributed by atoms with Crippen LogP contribution in [0.3, 0.4) is 0 Å². The van der Waals surface area contributed by atoms with E-state index >= 15 is 0 Å². The molecule has 3 aromatic rings. The van der Waals surface area contributed by atoms with Crippen molar-refractivity contribution >= 4 is 17.2 Å². The Hall–Kier alpha value is -3.62. The number of anilines is 1. The van der Waals surface area contributed by atoms with Crippen molar-refractivity contribution in [2.75, 3.05) is 12.1 Å². The van der Waals surface area contributed by atoms with Crippen LogP contribution in [-0.2, 0) is 0 Å². The molecule has 1 atom stereocenters. The molecule has 1 unspecified atom stereocenters. The summed E-state index contributed by atoms with van der Waals surface area (Å²) in [4.78, 5) is 27.4. The minimum absolute atomic E-state index is 0.0728. The molecule has 0 saturated carbocycles. The van der Waals surface area contributed by atoms with Crippen LogP contribution in [0.2, 0.25) is 0 Å². The topological polar surface area (TPSA) is 108 Å². The molecule has 0 aliphatic carbocycles. The van der Waals surface area contributed by atoms with Crippen molar-refractivity contribution in [3.05, 3.63) is 68.6 Å². The van der Waals surface area contributed by atoms with Crippen LogP contribution in [0.1, 0.15) is 18.5 Å². The molecule has 9 heteroatoms. The third-order valence-corrected chi connectivity index (χ3v) is 4.14. The summed E-state index contributed by atoms with van der Waals surface area (Å²) in [5.41, 5.74) is -0.190. The number of pyridine rings is 1. The first-order valence-electron chi connectivity index (χ1n) is 7.86. The summed E-state index contributed by atoms with van der Waals surface area (Å²) < 4.78 is 11.8. The van der Waals surface area contributed by atoms with E-state index in [9.17, 15) is 14.9 Å². The highest BCUT2D eigenvalue weighted by molar-refractivity contribution is 5.61. The number of nitro groups is 1. The van der Waals surface area contributed by atoms with Crippen LogP contribution in [0.15, 0.2) is 47.4 Å². The average molecular weight is 354 g/mol. The van der Waals surface area contributed by atoms with Crippen LogP contribution < -0.4 is 20.3 Å². The molecule has 0 bridgehead atoms. The van der Waals surface area contributed by atoms with Gasteiger partial charge < -0.3 is 14.8 Å². The number of hydrogen-bond acceptors (Lipinski definition) is 7. The number of ether oxygens (including phenoxy) is 2. The SMILES string of the molecule is CC(Nc1nc2ccccn2c(=O)c1[N+](=O)[O-])c1ccc2c(c1)OCO2. The van der Waals surface area contributed by atoms with Gasteiger partial charge >= 0.3 is 11.2 Å². The van der Waals surface area contributed by atoms with E-state index < -0.39 is 16.2 Å². The molecule has 0 spiro atoms. The molecule has 4 rings (SSSR count). The monoisotopic (exact) mass is 354 g/mol. The average Bonchev–Trinajstić information content (AvgIpc) is 3.09. The smallest absolute Gasteiger partial charge is 0.376 e. The Morgan fingerprint density at radius 3 is 2.88 bits per heavy atom. The molecule has 1 aromatic carbocycles. The fraction of sp³-hybridized carbons (Fsp3) is 0.176. The largest absolute Gasteiger partial charge is 0.454 e. The Morgan fingerprint density at radius 1 is 1.27 bits per heavy atom. The van der Waals surface area contributed by atoms with E-state index in [2.05, 4.69) is 10.3 Å². The van der Waals surface area contributed by atoms with E-state index in [1.807, 2.05) is 13.0 Å². The van der Waals surface area contributed by atoms with E-state index in [-0.39, 0.29) is 18.7 Å². The minimum atomic E-state index is -0.735. The van der Waals surface area contributed by atoms with E-state index in [4.69, 9.17) is 9.47 Å². The maximum Gasteiger partial charge on any atom is 0.376 e. The normalized spacial score (nSPS) is 13.6. The minimum Gasteiger partial charge on any atom is -0.454 e. The molecule has 0 radical (unpaired) electrons. The van der Waals surface area contributed by atoms with E-state index in [0.29, 0.717) is 17.1 Å². The van der Waals surface area contributed by atoms with Crippen LogP contribution >= 0.6 is 0 Å². The van der Waals surface area contributed by atoms with Gasteiger partial charge in [0.1, 0.15) is 5.65 Å². The number of fused-ring (bicyclic) bond motifs is 2. The summed E-state index contributed by atoms with van der Waals surface area (Å²) >= 11 is 0. The first-order chi connectivity index (χ1) is 12.5. The van der Waals surface area contributed by atoms with Gasteiger partial charge in [-0.15, -0.1) is 0 Å². The zero-order valence-electron chi connectivity index (χ0n) is 13.7. The molecule has 0 fully saturated rings. The third-order valence-electron chi connectivity index (χ3n) is 4.14. The first-order valence-corrected chi connectivity index (χ1v) is 7.86. The van der Waals surface area contributed by atoms with Gasteiger partial charge in [0.15, 0.2) is 11.5 Å². The molecule has 3 heterocycles. The summed E-state index contributed by atoms with van der Waals surface area (Å²) in [7, 11) is 0. The van der Waals surface area contributed by atoms with E-state index in [0.717, 1.165) is 9.96 Å². The zero-order valence-corrected chi connectivity index (χ0v) is 13.7. The van der Waals surface area contributed by atoms with Gasteiger partial charge in [-0.2, -0.15) is 0 Å². The van der Waals surface area contributed by atoms with Crippen LogP contribution in [0.5, 0.6) is 11.5 Å². The van der Waals surface area contributed by atoms with E-state index in [1.54, 1.807) is 30.3 Å². The van der Waals surface area contributed by atoms with Gasteiger partial charge in [0, 0.05) is 6.20 Å². The highest BCUT2D eigenvalue weighted by Gasteiger charge is 2.25. The van der Waals surface area contributed by atoms with Crippen LogP contribution in [-0.4, -0.2) is 21.1 Å². The fourth-order valence-electron chi connectivity index (χ4n) is 2.82. The second-order valence-corrected chi connectivity index (χ2v) is 5.78. The lowest BCUT2D eigenvalue weighted by Crippen LogP contribution is -2.22. The molecular weight excluding hydrogens is 340 g/mol. The molecule has 1 aliphatic heterocycles. The maximum absolute atomic E-state index is 12.5. The second kappa shape index (κ2) is 6.03. The lowest BCUT2D eigenvalue weighted by atomic mass is 10.1. The number of rotatable bonds is 4. The van der Waals surface area contributed by atoms with Gasteiger partial charge in [-0.05, 0) is 36.8 Å². The molecule has 26 heavy (non-hydrogen) atoms. The third kappa shape index (κ3) is 2.59. The quantitative estimate of drug-likeness (QED) is 0.566. The number of aromatic nitrogens is 2. The van der Waals surface area contributed by atoms with E-state index in [1.165, 1.54) is 6.20 Å². The van der Waals surface area contributed by atoms with Gasteiger partial charge in [0.05, 0.1) is 11.0 Å². The molecule has 2 aromatic heterocycles. The molecule has 0 amide bonds. The molecular formula is C17H14N4O5. The van der Waals surface area contributed by atoms with Crippen molar-refractivity contribution in [1.29, 1.82) is 0 Å². The Kier molecular flexibility index (Phi) is 3.68. The first kappa shape index (κ1) is 15.9. The zero-order chi connectivity index (χ0) is 18.3. The summed E-state index contributed by atoms with van der Waals surface area (Å²) in [5.74, 6) is 1.18. The Labute approximate surface area is 147 Å². The number of hydrogen-bond donors (Lipinski definition) is 1. The molecule has 132 valence electrons. The maximum atomic E-state index is 12.5. The van der Waals surface area contributed by atoms with Gasteiger partial charge in [-0.3, -0.25) is 19.3 Å². The van der Waals surface area contributed by atoms with Gasteiger partial charge in [0.2, 0.25) is 12.6 Å². The van der Waals surface area contributed by atoms with Crippen molar-refractivity contribution in [3.63, 3.8) is 0 Å². The number of nitrogens with zero attached hydrogens (tertiary/aromatic N) is 3. The summed E-state index contributed by atoms with van der Waals surface area (Å²) in [5, 5.41) is 14.4. The molecule has 9 nitrogen and oxygen atoms in total. The highest BCUT2D eigenvalue weighted by Crippen LogP contribution is 2.35. The summed E-state index contributed by atoms with van der Waals surface area (Å²) in [6.45, 7) is 1.98. The molecule has 1 N–H and O–H groups in total. The van der Waals surface area contributed by atoms with Gasteiger partial charge in [0.25, 0.3) is 0 Å². The van der Waals surface area contributed by atoms with Crippen molar-refractivity contribution in [2.24, 2.45) is 0 Å². The fourth-order valence-corrected chi connectivity index (χ4v) is 2.82. The summed E-state index contributed by atoms with van der Waals surface area (Å²) in [6.07, 6.45) is 1.45.